The fraction of sp³-hybridized carbons (Fsp3) is 0.500. The number of hydrogen-bond donors (Lipinski definition) is 2. The first-order valence-electron chi connectivity index (χ1n) is 6.18. The maximum atomic E-state index is 12.4. The lowest BCUT2D eigenvalue weighted by Gasteiger charge is -2.26. The van der Waals surface area contributed by atoms with Crippen LogP contribution in [0.15, 0.2) is 15.8 Å². The Morgan fingerprint density at radius 1 is 1.45 bits per heavy atom. The Labute approximate surface area is 113 Å². The molecule has 20 heavy (non-hydrogen) atoms. The largest absolute Gasteiger partial charge is 0.480 e. The highest BCUT2D eigenvalue weighted by atomic mass is 16.4. The third-order valence-corrected chi connectivity index (χ3v) is 3.36. The number of hydrogen-bond acceptors (Lipinski definition) is 4. The van der Waals surface area contributed by atoms with Gasteiger partial charge in [-0.2, -0.15) is 0 Å². The van der Waals surface area contributed by atoms with Crippen molar-refractivity contribution in [2.24, 2.45) is 7.05 Å². The molecule has 1 aromatic heterocycles. The topological polar surface area (TPSA) is 112 Å². The number of carboxylic acids is 1. The van der Waals surface area contributed by atoms with Crippen LogP contribution in [0.2, 0.25) is 0 Å². The van der Waals surface area contributed by atoms with Gasteiger partial charge in [0, 0.05) is 19.3 Å². The van der Waals surface area contributed by atoms with E-state index in [0.717, 1.165) is 10.8 Å². The highest BCUT2D eigenvalue weighted by Crippen LogP contribution is 2.29. The Hall–Kier alpha value is -2.38. The molecular weight excluding hydrogens is 266 g/mol. The fourth-order valence-corrected chi connectivity index (χ4v) is 1.99. The van der Waals surface area contributed by atoms with Crippen molar-refractivity contribution < 1.29 is 14.7 Å². The second-order valence-electron chi connectivity index (χ2n) is 4.83. The molecule has 1 saturated carbocycles. The van der Waals surface area contributed by atoms with E-state index in [4.69, 9.17) is 5.11 Å². The fourth-order valence-electron chi connectivity index (χ4n) is 1.99. The zero-order chi connectivity index (χ0) is 15.0. The molecule has 1 aliphatic carbocycles. The lowest BCUT2D eigenvalue weighted by molar-refractivity contribution is -0.141. The molecule has 8 nitrogen and oxygen atoms in total. The quantitative estimate of drug-likeness (QED) is 0.746. The van der Waals surface area contributed by atoms with Gasteiger partial charge in [-0.25, -0.2) is 9.59 Å². The SMILES string of the molecule is CC(C(=O)O)N(C(=O)c1c[nH]c(=O)n(C)c1=O)C1CC1. The summed E-state index contributed by atoms with van der Waals surface area (Å²) in [6.45, 7) is 1.40. The monoisotopic (exact) mass is 281 g/mol. The van der Waals surface area contributed by atoms with Gasteiger partial charge in [0.1, 0.15) is 11.6 Å². The first kappa shape index (κ1) is 14.0. The number of aromatic nitrogens is 2. The van der Waals surface area contributed by atoms with Crippen molar-refractivity contribution in [1.29, 1.82) is 0 Å². The van der Waals surface area contributed by atoms with Crippen LogP contribution in [-0.4, -0.2) is 43.5 Å². The molecule has 0 bridgehead atoms. The van der Waals surface area contributed by atoms with Crippen LogP contribution in [0.5, 0.6) is 0 Å². The van der Waals surface area contributed by atoms with E-state index < -0.39 is 29.2 Å². The molecule has 108 valence electrons. The Morgan fingerprint density at radius 3 is 2.55 bits per heavy atom. The summed E-state index contributed by atoms with van der Waals surface area (Å²) < 4.78 is 0.781. The summed E-state index contributed by atoms with van der Waals surface area (Å²) in [6.07, 6.45) is 2.47. The molecule has 8 heteroatoms. The van der Waals surface area contributed by atoms with Crippen molar-refractivity contribution in [1.82, 2.24) is 14.5 Å². The molecule has 0 spiro atoms. The van der Waals surface area contributed by atoms with Gasteiger partial charge in [0.25, 0.3) is 11.5 Å². The Bertz CT molecular complexity index is 670. The number of H-pyrrole nitrogens is 1. The van der Waals surface area contributed by atoms with Gasteiger partial charge in [-0.1, -0.05) is 0 Å². The molecule has 1 aromatic rings. The molecule has 0 radical (unpaired) electrons. The van der Waals surface area contributed by atoms with Crippen molar-refractivity contribution in [3.63, 3.8) is 0 Å². The first-order valence-corrected chi connectivity index (χ1v) is 6.18. The van der Waals surface area contributed by atoms with Crippen LogP contribution in [0.25, 0.3) is 0 Å². The van der Waals surface area contributed by atoms with Crippen LogP contribution in [-0.2, 0) is 11.8 Å². The maximum Gasteiger partial charge on any atom is 0.328 e. The van der Waals surface area contributed by atoms with Crippen LogP contribution in [0.1, 0.15) is 30.1 Å². The van der Waals surface area contributed by atoms with Gasteiger partial charge < -0.3 is 15.0 Å². The molecule has 2 rings (SSSR count). The van der Waals surface area contributed by atoms with E-state index in [1.165, 1.54) is 18.9 Å². The smallest absolute Gasteiger partial charge is 0.328 e. The molecule has 2 N–H and O–H groups in total. The molecule has 1 aliphatic rings. The summed E-state index contributed by atoms with van der Waals surface area (Å²) in [5.74, 6) is -1.80. The van der Waals surface area contributed by atoms with Crippen LogP contribution in [0, 0.1) is 0 Å². The van der Waals surface area contributed by atoms with E-state index in [9.17, 15) is 19.2 Å². The maximum absolute atomic E-state index is 12.4. The predicted molar refractivity (Wildman–Crippen MR) is 68.6 cm³/mol. The summed E-state index contributed by atoms with van der Waals surface area (Å²) in [7, 11) is 1.25. The summed E-state index contributed by atoms with van der Waals surface area (Å²) in [6, 6.07) is -1.18. The van der Waals surface area contributed by atoms with E-state index in [0.29, 0.717) is 12.8 Å². The highest BCUT2D eigenvalue weighted by Gasteiger charge is 2.39. The second kappa shape index (κ2) is 4.95. The van der Waals surface area contributed by atoms with E-state index in [-0.39, 0.29) is 11.6 Å². The van der Waals surface area contributed by atoms with E-state index in [2.05, 4.69) is 4.98 Å². The van der Waals surface area contributed by atoms with Gasteiger partial charge in [-0.3, -0.25) is 14.2 Å². The molecule has 0 saturated heterocycles. The van der Waals surface area contributed by atoms with Crippen molar-refractivity contribution >= 4 is 11.9 Å². The van der Waals surface area contributed by atoms with E-state index in [1.54, 1.807) is 0 Å². The minimum Gasteiger partial charge on any atom is -0.480 e. The predicted octanol–water partition coefficient (Wildman–Crippen LogP) is -0.849. The Kier molecular flexibility index (Phi) is 3.47. The molecule has 1 atom stereocenters. The second-order valence-corrected chi connectivity index (χ2v) is 4.83. The minimum absolute atomic E-state index is 0.162. The zero-order valence-corrected chi connectivity index (χ0v) is 11.1. The normalized spacial score (nSPS) is 15.7. The Balaban J connectivity index is 2.43. The van der Waals surface area contributed by atoms with Crippen LogP contribution in [0.3, 0.4) is 0 Å². The number of nitrogens with one attached hydrogen (secondary N) is 1. The number of nitrogens with zero attached hydrogens (tertiary/aromatic N) is 2. The lowest BCUT2D eigenvalue weighted by Crippen LogP contribution is -2.47. The average molecular weight is 281 g/mol. The number of rotatable bonds is 4. The lowest BCUT2D eigenvalue weighted by atomic mass is 10.2. The van der Waals surface area contributed by atoms with Crippen LogP contribution < -0.4 is 11.2 Å². The number of amides is 1. The summed E-state index contributed by atoms with van der Waals surface area (Å²) >= 11 is 0. The van der Waals surface area contributed by atoms with E-state index in [1.807, 2.05) is 0 Å². The van der Waals surface area contributed by atoms with Crippen molar-refractivity contribution in [3.8, 4) is 0 Å². The number of aliphatic carboxylic acids is 1. The first-order chi connectivity index (χ1) is 9.34. The number of carbonyl (C=O) groups excluding carboxylic acids is 1. The molecule has 1 heterocycles. The van der Waals surface area contributed by atoms with Gasteiger partial charge in [0.15, 0.2) is 0 Å². The average Bonchev–Trinajstić information content (AvgIpc) is 3.20. The Morgan fingerprint density at radius 2 is 2.05 bits per heavy atom. The number of aromatic amines is 1. The molecule has 0 aromatic carbocycles. The highest BCUT2D eigenvalue weighted by molar-refractivity contribution is 5.96. The number of carboxylic acid groups (broad SMARTS) is 1. The van der Waals surface area contributed by atoms with Crippen molar-refractivity contribution in [2.75, 3.05) is 0 Å². The zero-order valence-electron chi connectivity index (χ0n) is 11.1. The van der Waals surface area contributed by atoms with Gasteiger partial charge in [0.2, 0.25) is 0 Å². The van der Waals surface area contributed by atoms with Gasteiger partial charge >= 0.3 is 11.7 Å². The summed E-state index contributed by atoms with van der Waals surface area (Å²) in [4.78, 5) is 50.1. The van der Waals surface area contributed by atoms with Gasteiger partial charge in [-0.15, -0.1) is 0 Å². The third-order valence-electron chi connectivity index (χ3n) is 3.36. The molecule has 1 fully saturated rings. The van der Waals surface area contributed by atoms with Crippen LogP contribution in [0.4, 0.5) is 0 Å². The molecular formula is C12H15N3O5. The minimum atomic E-state index is -1.13. The van der Waals surface area contributed by atoms with E-state index >= 15 is 0 Å². The van der Waals surface area contributed by atoms with Crippen molar-refractivity contribution in [2.45, 2.75) is 31.8 Å². The van der Waals surface area contributed by atoms with Gasteiger partial charge in [0.05, 0.1) is 0 Å². The van der Waals surface area contributed by atoms with Crippen LogP contribution >= 0.6 is 0 Å². The number of carbonyl (C=O) groups is 2. The van der Waals surface area contributed by atoms with Gasteiger partial charge in [-0.05, 0) is 19.8 Å². The molecule has 1 unspecified atom stereocenters. The third kappa shape index (κ3) is 2.36. The van der Waals surface area contributed by atoms with Crippen molar-refractivity contribution in [3.05, 3.63) is 32.6 Å². The molecule has 1 amide bonds. The summed E-state index contributed by atoms with van der Waals surface area (Å²) in [5.41, 5.74) is -1.59. The molecule has 0 aliphatic heterocycles. The summed E-state index contributed by atoms with van der Waals surface area (Å²) in [5, 5.41) is 9.06. The standard InChI is InChI=1S/C12H15N3O5/c1-6(11(18)19)15(7-3-4-7)10(17)8-5-13-12(20)14(2)9(8)16/h5-7H,3-4H2,1-2H3,(H,13,20)(H,18,19).